The molecule has 5 nitrogen and oxygen atoms in total. The van der Waals surface area contributed by atoms with E-state index in [-0.39, 0.29) is 5.78 Å². The van der Waals surface area contributed by atoms with Crippen LogP contribution in [0.3, 0.4) is 0 Å². The maximum absolute atomic E-state index is 11.0. The zero-order valence-electron chi connectivity index (χ0n) is 7.89. The van der Waals surface area contributed by atoms with E-state index in [1.54, 1.807) is 7.05 Å². The quantitative estimate of drug-likeness (QED) is 0.594. The van der Waals surface area contributed by atoms with Crippen LogP contribution in [-0.2, 0) is 22.9 Å². The standard InChI is InChI=1S/C8H11NO4S/c1-6(10)8-4-3-7(9(8)2)5-14(11,12)13/h3-4H,5H2,1-2H3,(H,11,12,13). The van der Waals surface area contributed by atoms with E-state index in [0.717, 1.165) is 0 Å². The highest BCUT2D eigenvalue weighted by Crippen LogP contribution is 2.10. The van der Waals surface area contributed by atoms with E-state index in [1.807, 2.05) is 0 Å². The minimum Gasteiger partial charge on any atom is -0.344 e. The van der Waals surface area contributed by atoms with Crippen molar-refractivity contribution >= 4 is 15.9 Å². The summed E-state index contributed by atoms with van der Waals surface area (Å²) in [6.07, 6.45) is 0. The minimum atomic E-state index is -4.04. The maximum Gasteiger partial charge on any atom is 0.270 e. The second-order valence-corrected chi connectivity index (χ2v) is 4.50. The molecule has 6 heteroatoms. The number of hydrogen-bond acceptors (Lipinski definition) is 3. The van der Waals surface area contributed by atoms with Gasteiger partial charge in [-0.25, -0.2) is 0 Å². The Balaban J connectivity index is 3.08. The lowest BCUT2D eigenvalue weighted by molar-refractivity contribution is 0.101. The smallest absolute Gasteiger partial charge is 0.270 e. The lowest BCUT2D eigenvalue weighted by atomic mass is 10.3. The topological polar surface area (TPSA) is 76.4 Å². The molecule has 0 amide bonds. The van der Waals surface area contributed by atoms with Gasteiger partial charge in [0.2, 0.25) is 0 Å². The molecule has 0 bridgehead atoms. The fourth-order valence-electron chi connectivity index (χ4n) is 1.24. The van der Waals surface area contributed by atoms with Crippen molar-refractivity contribution in [2.45, 2.75) is 12.7 Å². The number of rotatable bonds is 3. The normalized spacial score (nSPS) is 11.6. The van der Waals surface area contributed by atoms with E-state index in [9.17, 15) is 13.2 Å². The molecule has 1 aromatic rings. The summed E-state index contributed by atoms with van der Waals surface area (Å²) >= 11 is 0. The number of nitrogens with zero attached hydrogens (tertiary/aromatic N) is 1. The third kappa shape index (κ3) is 2.43. The van der Waals surface area contributed by atoms with Crippen molar-refractivity contribution in [2.24, 2.45) is 7.05 Å². The van der Waals surface area contributed by atoms with Crippen molar-refractivity contribution in [2.75, 3.05) is 0 Å². The Kier molecular flexibility index (Phi) is 2.77. The Morgan fingerprint density at radius 1 is 1.50 bits per heavy atom. The zero-order chi connectivity index (χ0) is 10.9. The van der Waals surface area contributed by atoms with Crippen LogP contribution in [0.1, 0.15) is 23.1 Å². The first-order valence-electron chi connectivity index (χ1n) is 3.92. The highest BCUT2D eigenvalue weighted by Gasteiger charge is 2.13. The van der Waals surface area contributed by atoms with E-state index in [0.29, 0.717) is 11.4 Å². The van der Waals surface area contributed by atoms with Crippen molar-refractivity contribution in [1.29, 1.82) is 0 Å². The van der Waals surface area contributed by atoms with Crippen LogP contribution in [0.4, 0.5) is 0 Å². The Hall–Kier alpha value is -1.14. The Labute approximate surface area is 82.1 Å². The van der Waals surface area contributed by atoms with Crippen LogP contribution in [-0.4, -0.2) is 23.3 Å². The molecule has 0 saturated carbocycles. The predicted molar refractivity (Wildman–Crippen MR) is 50.7 cm³/mol. The molecule has 0 spiro atoms. The number of carbonyl (C=O) groups is 1. The summed E-state index contributed by atoms with van der Waals surface area (Å²) in [5.74, 6) is -0.620. The molecule has 1 N–H and O–H groups in total. The molecule has 0 aliphatic rings. The fraction of sp³-hybridized carbons (Fsp3) is 0.375. The molecule has 1 aromatic heterocycles. The SMILES string of the molecule is CC(=O)c1ccc(CS(=O)(=O)O)n1C. The van der Waals surface area contributed by atoms with Crippen LogP contribution in [0.2, 0.25) is 0 Å². The molecular weight excluding hydrogens is 206 g/mol. The molecule has 0 fully saturated rings. The number of ketones is 1. The van der Waals surface area contributed by atoms with Crippen molar-refractivity contribution in [3.05, 3.63) is 23.5 Å². The van der Waals surface area contributed by atoms with Crippen molar-refractivity contribution < 1.29 is 17.8 Å². The highest BCUT2D eigenvalue weighted by atomic mass is 32.2. The van der Waals surface area contributed by atoms with Crippen molar-refractivity contribution in [1.82, 2.24) is 4.57 Å². The molecule has 0 aliphatic heterocycles. The summed E-state index contributed by atoms with van der Waals surface area (Å²) < 4.78 is 31.3. The number of carbonyl (C=O) groups excluding carboxylic acids is 1. The molecule has 1 rings (SSSR count). The van der Waals surface area contributed by atoms with Gasteiger partial charge in [-0.2, -0.15) is 8.42 Å². The van der Waals surface area contributed by atoms with E-state index >= 15 is 0 Å². The van der Waals surface area contributed by atoms with Crippen LogP contribution in [0.15, 0.2) is 12.1 Å². The molecule has 0 saturated heterocycles. The predicted octanol–water partition coefficient (Wildman–Crippen LogP) is 0.616. The molecule has 78 valence electrons. The van der Waals surface area contributed by atoms with Crippen LogP contribution in [0.25, 0.3) is 0 Å². The number of Topliss-reactive ketones (excluding diaryl/α,β-unsaturated/α-hetero) is 1. The average molecular weight is 217 g/mol. The molecule has 14 heavy (non-hydrogen) atoms. The first kappa shape index (κ1) is 10.9. The Morgan fingerprint density at radius 3 is 2.43 bits per heavy atom. The van der Waals surface area contributed by atoms with Gasteiger partial charge in [-0.3, -0.25) is 9.35 Å². The average Bonchev–Trinajstić information content (AvgIpc) is 2.29. The third-order valence-electron chi connectivity index (χ3n) is 1.92. The molecule has 0 radical (unpaired) electrons. The largest absolute Gasteiger partial charge is 0.344 e. The number of aromatic nitrogens is 1. The Bertz CT molecular complexity index is 458. The van der Waals surface area contributed by atoms with Crippen LogP contribution < -0.4 is 0 Å². The second-order valence-electron chi connectivity index (χ2n) is 3.05. The maximum atomic E-state index is 11.0. The lowest BCUT2D eigenvalue weighted by Crippen LogP contribution is -2.09. The first-order chi connectivity index (χ1) is 6.31. The van der Waals surface area contributed by atoms with Crippen LogP contribution in [0.5, 0.6) is 0 Å². The van der Waals surface area contributed by atoms with Gasteiger partial charge >= 0.3 is 0 Å². The van der Waals surface area contributed by atoms with E-state index in [4.69, 9.17) is 4.55 Å². The zero-order valence-corrected chi connectivity index (χ0v) is 8.71. The van der Waals surface area contributed by atoms with Crippen molar-refractivity contribution in [3.8, 4) is 0 Å². The van der Waals surface area contributed by atoms with Crippen LogP contribution in [0, 0.1) is 0 Å². The summed E-state index contributed by atoms with van der Waals surface area (Å²) in [5.41, 5.74) is 0.807. The second kappa shape index (κ2) is 3.55. The van der Waals surface area contributed by atoms with Gasteiger partial charge in [-0.05, 0) is 12.1 Å². The molecule has 0 aromatic carbocycles. The van der Waals surface area contributed by atoms with E-state index in [1.165, 1.54) is 23.6 Å². The van der Waals surface area contributed by atoms with Gasteiger partial charge in [0.1, 0.15) is 5.75 Å². The Morgan fingerprint density at radius 2 is 2.07 bits per heavy atom. The molecule has 0 unspecified atom stereocenters. The first-order valence-corrected chi connectivity index (χ1v) is 5.53. The molecular formula is C8H11NO4S. The van der Waals surface area contributed by atoms with Gasteiger partial charge in [0.25, 0.3) is 10.1 Å². The van der Waals surface area contributed by atoms with Gasteiger partial charge < -0.3 is 4.57 Å². The summed E-state index contributed by atoms with van der Waals surface area (Å²) in [5, 5.41) is 0. The minimum absolute atomic E-state index is 0.144. The number of hydrogen-bond donors (Lipinski definition) is 1. The third-order valence-corrected chi connectivity index (χ3v) is 2.58. The van der Waals surface area contributed by atoms with Gasteiger partial charge in [-0.15, -0.1) is 0 Å². The van der Waals surface area contributed by atoms with Gasteiger partial charge in [-0.1, -0.05) is 0 Å². The summed E-state index contributed by atoms with van der Waals surface area (Å²) in [4.78, 5) is 11.0. The van der Waals surface area contributed by atoms with E-state index < -0.39 is 15.9 Å². The summed E-state index contributed by atoms with van der Waals surface area (Å²) in [6.45, 7) is 1.40. The molecule has 0 aliphatic carbocycles. The summed E-state index contributed by atoms with van der Waals surface area (Å²) in [7, 11) is -2.46. The lowest BCUT2D eigenvalue weighted by Gasteiger charge is -2.03. The monoisotopic (exact) mass is 217 g/mol. The molecule has 1 heterocycles. The van der Waals surface area contributed by atoms with E-state index in [2.05, 4.69) is 0 Å². The molecule has 0 atom stereocenters. The van der Waals surface area contributed by atoms with Crippen LogP contribution >= 0.6 is 0 Å². The van der Waals surface area contributed by atoms with Gasteiger partial charge in [0.15, 0.2) is 5.78 Å². The van der Waals surface area contributed by atoms with Gasteiger partial charge in [0.05, 0.1) is 5.69 Å². The fourth-order valence-corrected chi connectivity index (χ4v) is 1.90. The van der Waals surface area contributed by atoms with Gasteiger partial charge in [0, 0.05) is 19.7 Å². The highest BCUT2D eigenvalue weighted by molar-refractivity contribution is 7.85. The van der Waals surface area contributed by atoms with Crippen molar-refractivity contribution in [3.63, 3.8) is 0 Å². The summed E-state index contributed by atoms with van der Waals surface area (Å²) in [6, 6.07) is 3.04.